The zero-order valence-corrected chi connectivity index (χ0v) is 15.1. The standard InChI is InChI=1S/C23H23NO2/c1-17(2)19-11-13-21(14-12-19)24-23(25)20-9-6-10-22(15-20)26-16-18-7-4-3-5-8-18/h3-15,17H,16H2,1-2H3,(H,24,25). The van der Waals surface area contributed by atoms with Gasteiger partial charge in [0.15, 0.2) is 0 Å². The summed E-state index contributed by atoms with van der Waals surface area (Å²) < 4.78 is 5.80. The van der Waals surface area contributed by atoms with Crippen molar-refractivity contribution in [3.8, 4) is 5.75 Å². The second-order valence-electron chi connectivity index (χ2n) is 6.53. The molecule has 0 aliphatic heterocycles. The average molecular weight is 345 g/mol. The molecule has 132 valence electrons. The van der Waals surface area contributed by atoms with E-state index in [0.29, 0.717) is 23.8 Å². The second kappa shape index (κ2) is 8.34. The number of benzene rings is 3. The van der Waals surface area contributed by atoms with Crippen LogP contribution in [-0.4, -0.2) is 5.91 Å². The first kappa shape index (κ1) is 17.7. The lowest BCUT2D eigenvalue weighted by molar-refractivity contribution is 0.102. The first-order valence-corrected chi connectivity index (χ1v) is 8.80. The molecule has 3 rings (SSSR count). The van der Waals surface area contributed by atoms with Crippen LogP contribution in [0.5, 0.6) is 5.75 Å². The molecule has 0 heterocycles. The highest BCUT2D eigenvalue weighted by Crippen LogP contribution is 2.19. The monoisotopic (exact) mass is 345 g/mol. The van der Waals surface area contributed by atoms with E-state index in [4.69, 9.17) is 4.74 Å². The Morgan fingerprint density at radius 1 is 0.923 bits per heavy atom. The minimum atomic E-state index is -0.146. The van der Waals surface area contributed by atoms with Gasteiger partial charge in [0.25, 0.3) is 5.91 Å². The van der Waals surface area contributed by atoms with Crippen molar-refractivity contribution in [3.05, 3.63) is 95.6 Å². The van der Waals surface area contributed by atoms with Gasteiger partial charge in [0, 0.05) is 11.3 Å². The van der Waals surface area contributed by atoms with Gasteiger partial charge in [-0.15, -0.1) is 0 Å². The molecule has 0 fully saturated rings. The van der Waals surface area contributed by atoms with Gasteiger partial charge in [-0.25, -0.2) is 0 Å². The van der Waals surface area contributed by atoms with Crippen molar-refractivity contribution in [1.29, 1.82) is 0 Å². The van der Waals surface area contributed by atoms with E-state index in [9.17, 15) is 4.79 Å². The number of carbonyl (C=O) groups excluding carboxylic acids is 1. The first-order chi connectivity index (χ1) is 12.6. The van der Waals surface area contributed by atoms with Gasteiger partial charge in [-0.05, 0) is 47.4 Å². The van der Waals surface area contributed by atoms with Crippen LogP contribution in [0.2, 0.25) is 0 Å². The summed E-state index contributed by atoms with van der Waals surface area (Å²) in [6.07, 6.45) is 0. The first-order valence-electron chi connectivity index (χ1n) is 8.80. The van der Waals surface area contributed by atoms with E-state index in [0.717, 1.165) is 11.3 Å². The smallest absolute Gasteiger partial charge is 0.255 e. The van der Waals surface area contributed by atoms with Crippen molar-refractivity contribution in [2.75, 3.05) is 5.32 Å². The largest absolute Gasteiger partial charge is 0.489 e. The normalized spacial score (nSPS) is 10.6. The fourth-order valence-corrected chi connectivity index (χ4v) is 2.62. The average Bonchev–Trinajstić information content (AvgIpc) is 2.68. The lowest BCUT2D eigenvalue weighted by Gasteiger charge is -2.10. The summed E-state index contributed by atoms with van der Waals surface area (Å²) >= 11 is 0. The van der Waals surface area contributed by atoms with E-state index in [1.54, 1.807) is 12.1 Å². The van der Waals surface area contributed by atoms with Gasteiger partial charge >= 0.3 is 0 Å². The second-order valence-corrected chi connectivity index (χ2v) is 6.53. The lowest BCUT2D eigenvalue weighted by atomic mass is 10.0. The molecule has 3 aromatic carbocycles. The van der Waals surface area contributed by atoms with Crippen molar-refractivity contribution in [2.45, 2.75) is 26.4 Å². The molecular formula is C23H23NO2. The molecule has 1 amide bonds. The molecule has 0 aliphatic carbocycles. The zero-order valence-electron chi connectivity index (χ0n) is 15.1. The summed E-state index contributed by atoms with van der Waals surface area (Å²) in [6.45, 7) is 4.77. The van der Waals surface area contributed by atoms with Crippen LogP contribution in [-0.2, 0) is 6.61 Å². The van der Waals surface area contributed by atoms with Gasteiger partial charge in [-0.1, -0.05) is 62.4 Å². The molecule has 3 aromatic rings. The molecule has 0 bridgehead atoms. The van der Waals surface area contributed by atoms with Gasteiger partial charge in [-0.2, -0.15) is 0 Å². The Kier molecular flexibility index (Phi) is 5.69. The van der Waals surface area contributed by atoms with Crippen molar-refractivity contribution in [2.24, 2.45) is 0 Å². The Morgan fingerprint density at radius 2 is 1.65 bits per heavy atom. The summed E-state index contributed by atoms with van der Waals surface area (Å²) in [7, 11) is 0. The predicted octanol–water partition coefficient (Wildman–Crippen LogP) is 5.64. The van der Waals surface area contributed by atoms with Crippen LogP contribution < -0.4 is 10.1 Å². The molecule has 0 saturated heterocycles. The number of anilines is 1. The van der Waals surface area contributed by atoms with Crippen molar-refractivity contribution in [3.63, 3.8) is 0 Å². The maximum atomic E-state index is 12.5. The minimum Gasteiger partial charge on any atom is -0.489 e. The third-order valence-electron chi connectivity index (χ3n) is 4.18. The Labute approximate surface area is 154 Å². The van der Waals surface area contributed by atoms with Crippen molar-refractivity contribution < 1.29 is 9.53 Å². The Balaban J connectivity index is 1.64. The maximum absolute atomic E-state index is 12.5. The van der Waals surface area contributed by atoms with Gasteiger partial charge in [-0.3, -0.25) is 4.79 Å². The van der Waals surface area contributed by atoms with Crippen LogP contribution in [0, 0.1) is 0 Å². The third-order valence-corrected chi connectivity index (χ3v) is 4.18. The van der Waals surface area contributed by atoms with Gasteiger partial charge in [0.05, 0.1) is 0 Å². The zero-order chi connectivity index (χ0) is 18.4. The fraction of sp³-hybridized carbons (Fsp3) is 0.174. The van der Waals surface area contributed by atoms with Crippen LogP contribution in [0.3, 0.4) is 0 Å². The number of carbonyl (C=O) groups is 1. The predicted molar refractivity (Wildman–Crippen MR) is 106 cm³/mol. The highest BCUT2D eigenvalue weighted by Gasteiger charge is 2.08. The number of rotatable bonds is 6. The van der Waals surface area contributed by atoms with Gasteiger partial charge < -0.3 is 10.1 Å². The summed E-state index contributed by atoms with van der Waals surface area (Å²) in [4.78, 5) is 12.5. The Hall–Kier alpha value is -3.07. The molecule has 3 nitrogen and oxygen atoms in total. The molecule has 26 heavy (non-hydrogen) atoms. The Morgan fingerprint density at radius 3 is 2.35 bits per heavy atom. The molecule has 0 spiro atoms. The Bertz CT molecular complexity index is 855. The number of hydrogen-bond donors (Lipinski definition) is 1. The molecule has 0 radical (unpaired) electrons. The van der Waals surface area contributed by atoms with Gasteiger partial charge in [0.1, 0.15) is 12.4 Å². The molecule has 3 heteroatoms. The van der Waals surface area contributed by atoms with Crippen molar-refractivity contribution in [1.82, 2.24) is 0 Å². The molecule has 0 aromatic heterocycles. The third kappa shape index (κ3) is 4.73. The molecule has 0 saturated carbocycles. The van der Waals surface area contributed by atoms with Crippen LogP contribution >= 0.6 is 0 Å². The molecular weight excluding hydrogens is 322 g/mol. The SMILES string of the molecule is CC(C)c1ccc(NC(=O)c2cccc(OCc3ccccc3)c2)cc1. The van der Waals surface area contributed by atoms with Crippen molar-refractivity contribution >= 4 is 11.6 Å². The van der Waals surface area contributed by atoms with Crippen LogP contribution in [0.25, 0.3) is 0 Å². The molecule has 0 aliphatic rings. The maximum Gasteiger partial charge on any atom is 0.255 e. The van der Waals surface area contributed by atoms with E-state index in [1.807, 2.05) is 66.7 Å². The summed E-state index contributed by atoms with van der Waals surface area (Å²) in [6, 6.07) is 25.1. The topological polar surface area (TPSA) is 38.3 Å². The van der Waals surface area contributed by atoms with E-state index in [-0.39, 0.29) is 5.91 Å². The van der Waals surface area contributed by atoms with E-state index >= 15 is 0 Å². The summed E-state index contributed by atoms with van der Waals surface area (Å²) in [5.74, 6) is 1.00. The molecule has 0 unspecified atom stereocenters. The van der Waals surface area contributed by atoms with Gasteiger partial charge in [0.2, 0.25) is 0 Å². The number of nitrogens with one attached hydrogen (secondary N) is 1. The fourth-order valence-electron chi connectivity index (χ4n) is 2.62. The number of ether oxygens (including phenoxy) is 1. The number of hydrogen-bond acceptors (Lipinski definition) is 2. The highest BCUT2D eigenvalue weighted by atomic mass is 16.5. The lowest BCUT2D eigenvalue weighted by Crippen LogP contribution is -2.12. The quantitative estimate of drug-likeness (QED) is 0.628. The minimum absolute atomic E-state index is 0.146. The highest BCUT2D eigenvalue weighted by molar-refractivity contribution is 6.04. The van der Waals surface area contributed by atoms with Crippen LogP contribution in [0.1, 0.15) is 41.3 Å². The van der Waals surface area contributed by atoms with E-state index in [1.165, 1.54) is 5.56 Å². The van der Waals surface area contributed by atoms with Crippen LogP contribution in [0.15, 0.2) is 78.9 Å². The van der Waals surface area contributed by atoms with E-state index < -0.39 is 0 Å². The number of amides is 1. The molecule has 1 N–H and O–H groups in total. The van der Waals surface area contributed by atoms with Crippen LogP contribution in [0.4, 0.5) is 5.69 Å². The summed E-state index contributed by atoms with van der Waals surface area (Å²) in [5.41, 5.74) is 3.70. The molecule has 0 atom stereocenters. The van der Waals surface area contributed by atoms with E-state index in [2.05, 4.69) is 19.2 Å². The summed E-state index contributed by atoms with van der Waals surface area (Å²) in [5, 5.41) is 2.93.